The fourth-order valence-corrected chi connectivity index (χ4v) is 12.2. The van der Waals surface area contributed by atoms with Crippen molar-refractivity contribution in [2.24, 2.45) is 27.9 Å². The smallest absolute Gasteiger partial charge is 0.246 e. The molecular formula is C62H88FN17O13. The van der Waals surface area contributed by atoms with E-state index in [9.17, 15) is 52.6 Å². The van der Waals surface area contributed by atoms with Gasteiger partial charge in [0.1, 0.15) is 71.8 Å². The maximum atomic E-state index is 15.3. The van der Waals surface area contributed by atoms with Gasteiger partial charge in [0.2, 0.25) is 70.9 Å². The van der Waals surface area contributed by atoms with Crippen LogP contribution < -0.4 is 70.8 Å². The van der Waals surface area contributed by atoms with Crippen LogP contribution >= 0.6 is 0 Å². The van der Waals surface area contributed by atoms with Crippen molar-refractivity contribution in [3.8, 4) is 0 Å². The molecule has 1 saturated carbocycles. The lowest BCUT2D eigenvalue weighted by Gasteiger charge is -2.43. The lowest BCUT2D eigenvalue weighted by atomic mass is 9.75. The molecule has 30 nitrogen and oxygen atoms in total. The fourth-order valence-electron chi connectivity index (χ4n) is 12.2. The van der Waals surface area contributed by atoms with Crippen LogP contribution in [0, 0.1) is 5.82 Å². The van der Waals surface area contributed by atoms with Crippen LogP contribution in [-0.2, 0) is 70.4 Å². The number of aromatic nitrogens is 1. The van der Waals surface area contributed by atoms with Crippen molar-refractivity contribution in [2.45, 2.75) is 189 Å². The van der Waals surface area contributed by atoms with E-state index in [-0.39, 0.29) is 116 Å². The highest BCUT2D eigenvalue weighted by Crippen LogP contribution is 2.34. The number of para-hydroxylation sites is 1. The number of primary amides is 1. The summed E-state index contributed by atoms with van der Waals surface area (Å²) < 4.78 is 14.9. The number of carbonyl (C=O) groups is 12. The molecule has 4 aliphatic rings. The van der Waals surface area contributed by atoms with Crippen LogP contribution in [0.25, 0.3) is 10.9 Å². The molecule has 19 N–H and O–H groups in total. The molecule has 1 aromatic heterocycles. The van der Waals surface area contributed by atoms with Crippen LogP contribution in [0.2, 0.25) is 0 Å². The van der Waals surface area contributed by atoms with Crippen LogP contribution in [0.15, 0.2) is 59.7 Å². The van der Waals surface area contributed by atoms with E-state index in [4.69, 9.17) is 22.9 Å². The summed E-state index contributed by atoms with van der Waals surface area (Å²) >= 11 is 0. The van der Waals surface area contributed by atoms with Gasteiger partial charge in [-0.05, 0) is 126 Å². The molecule has 1 aliphatic carbocycles. The minimum atomic E-state index is -1.54. The number of hydrogen-bond acceptors (Lipinski definition) is 15. The number of nitrogens with one attached hydrogen (secondary N) is 10. The van der Waals surface area contributed by atoms with Crippen LogP contribution in [-0.4, -0.2) is 195 Å². The molecule has 2 aromatic carbocycles. The maximum absolute atomic E-state index is 15.3. The van der Waals surface area contributed by atoms with Gasteiger partial charge in [-0.25, -0.2) is 4.39 Å². The van der Waals surface area contributed by atoms with E-state index in [0.29, 0.717) is 47.7 Å². The molecule has 0 unspecified atom stereocenters. The molecule has 3 aliphatic heterocycles. The molecule has 3 aromatic rings. The number of aromatic amines is 1. The minimum Gasteiger partial charge on any atom is -0.394 e. The number of aliphatic hydroxyl groups is 1. The number of aliphatic hydroxyl groups excluding tert-OH is 1. The summed E-state index contributed by atoms with van der Waals surface area (Å²) in [5.74, 6) is -10.1. The van der Waals surface area contributed by atoms with E-state index < -0.39 is 149 Å². The van der Waals surface area contributed by atoms with E-state index in [0.717, 1.165) is 6.92 Å². The average Bonchev–Trinajstić information content (AvgIpc) is 1.74. The molecular weight excluding hydrogens is 1210 g/mol. The zero-order valence-electron chi connectivity index (χ0n) is 52.4. The van der Waals surface area contributed by atoms with E-state index in [1.165, 1.54) is 34.9 Å². The van der Waals surface area contributed by atoms with Gasteiger partial charge in [0.15, 0.2) is 5.96 Å². The van der Waals surface area contributed by atoms with Crippen LogP contribution in [0.3, 0.4) is 0 Å². The molecule has 1 spiro atoms. The van der Waals surface area contributed by atoms with E-state index in [1.807, 2.05) is 0 Å². The Labute approximate surface area is 536 Å². The van der Waals surface area contributed by atoms with Gasteiger partial charge in [0, 0.05) is 56.5 Å². The Morgan fingerprint density at radius 2 is 1.46 bits per heavy atom. The first-order valence-electron chi connectivity index (χ1n) is 31.7. The highest BCUT2D eigenvalue weighted by atomic mass is 19.1. The predicted octanol–water partition coefficient (Wildman–Crippen LogP) is -3.12. The first-order valence-corrected chi connectivity index (χ1v) is 31.7. The minimum absolute atomic E-state index is 0.000277. The number of benzene rings is 2. The SMILES string of the molecule is CC(=O)N[C@@H](CO)C(=O)N[C@@H](C)C(=O)N[C@@H](CCCN=C(N)N)C(=O)N[C@@H](Cc1c[nH]c2ccccc12)C(=O)N[C@H]1CCCC[C@@H](C(=O)N2CCC[C@H]2C(=O)N[C@@H](CCCN)C(N)=O)NC(=O)C2(CCC2)NC(=O)[C@@H]2CCCN2C(=O)[C@H](Cc2cccc(F)c2)NC1=O. The second-order valence-corrected chi connectivity index (χ2v) is 24.3. The third-order valence-electron chi connectivity index (χ3n) is 17.4. The highest BCUT2D eigenvalue weighted by molar-refractivity contribution is 6.01. The zero-order valence-corrected chi connectivity index (χ0v) is 52.4. The van der Waals surface area contributed by atoms with Crippen LogP contribution in [0.1, 0.15) is 121 Å². The number of rotatable bonds is 25. The van der Waals surface area contributed by atoms with Gasteiger partial charge in [0.25, 0.3) is 0 Å². The van der Waals surface area contributed by atoms with Crippen LogP contribution in [0.5, 0.6) is 0 Å². The summed E-state index contributed by atoms with van der Waals surface area (Å²) in [7, 11) is 0. The molecule has 0 radical (unpaired) electrons. The Hall–Kier alpha value is -9.26. The topological polar surface area (TPSA) is 472 Å². The number of amides is 12. The number of halogens is 1. The summed E-state index contributed by atoms with van der Waals surface area (Å²) in [6, 6.07) is -0.827. The normalized spacial score (nSPS) is 21.8. The van der Waals surface area contributed by atoms with Gasteiger partial charge in [-0.15, -0.1) is 0 Å². The largest absolute Gasteiger partial charge is 0.394 e. The zero-order chi connectivity index (χ0) is 67.5. The Balaban J connectivity index is 1.23. The Morgan fingerprint density at radius 3 is 2.15 bits per heavy atom. The number of nitrogens with zero attached hydrogens (tertiary/aromatic N) is 3. The number of likely N-dealkylation sites (tertiary alicyclic amines) is 1. The maximum Gasteiger partial charge on any atom is 0.246 e. The molecule has 7 rings (SSSR count). The molecule has 3 saturated heterocycles. The summed E-state index contributed by atoms with van der Waals surface area (Å²) in [5.41, 5.74) is 22.5. The third kappa shape index (κ3) is 19.2. The number of guanidine groups is 1. The lowest BCUT2D eigenvalue weighted by Crippen LogP contribution is -2.67. The standard InChI is InChI=1S/C62H88FN17O13/c1-34(70-55(88)47(33-81)71-35(2)82)51(84)73-43(20-9-26-68-61(66)67)52(85)75-45(31-37-32-69-40-16-4-3-15-39(37)40)54(87)74-42-17-5-6-18-44(58(91)79-27-10-21-48(79)56(89)72-41(50(65)83)19-8-25-64)77-60(93)62(23-12-24-62)78-57(90)49-22-11-28-80(49)59(92)46(76-53(42)86)30-36-13-7-14-38(63)29-36/h3-4,7,13-16,29,32,34,41-49,69,81H,5-6,8-12,17-28,30-31,33,64H2,1-2H3,(H2,65,83)(H,70,88)(H,71,82)(H,72,89)(H,73,84)(H,74,87)(H,75,85)(H,76,86)(H,77,93)(H,78,90)(H4,66,67,68)/t34-,41-,42-,43-,44-,45-,46-,47-,48-,49-/m0/s1. The monoisotopic (exact) mass is 1300 g/mol. The number of nitrogens with two attached hydrogens (primary N) is 4. The molecule has 4 fully saturated rings. The van der Waals surface area contributed by atoms with Crippen molar-refractivity contribution in [3.05, 3.63) is 71.7 Å². The van der Waals surface area contributed by atoms with Gasteiger partial charge >= 0.3 is 0 Å². The predicted molar refractivity (Wildman–Crippen MR) is 336 cm³/mol. The number of H-pyrrole nitrogens is 1. The van der Waals surface area contributed by atoms with Gasteiger partial charge in [-0.3, -0.25) is 62.5 Å². The molecule has 12 amide bonds. The third-order valence-corrected chi connectivity index (χ3v) is 17.4. The molecule has 93 heavy (non-hydrogen) atoms. The van der Waals surface area contributed by atoms with E-state index >= 15 is 14.4 Å². The summed E-state index contributed by atoms with van der Waals surface area (Å²) in [5, 5.41) is 34.5. The average molecular weight is 1300 g/mol. The first kappa shape index (κ1) is 71.2. The van der Waals surface area contributed by atoms with E-state index in [2.05, 4.69) is 57.8 Å². The molecule has 10 atom stereocenters. The van der Waals surface area contributed by atoms with Gasteiger partial charge in [0.05, 0.1) is 6.61 Å². The van der Waals surface area contributed by atoms with Gasteiger partial charge in [-0.1, -0.05) is 43.2 Å². The molecule has 0 bridgehead atoms. The van der Waals surface area contributed by atoms with Crippen molar-refractivity contribution in [3.63, 3.8) is 0 Å². The Morgan fingerprint density at radius 1 is 0.753 bits per heavy atom. The molecule has 506 valence electrons. The first-order chi connectivity index (χ1) is 44.4. The number of fused-ring (bicyclic) bond motifs is 2. The van der Waals surface area contributed by atoms with E-state index in [1.54, 1.807) is 36.5 Å². The van der Waals surface area contributed by atoms with Crippen molar-refractivity contribution < 1.29 is 67.0 Å². The van der Waals surface area contributed by atoms with Crippen molar-refractivity contribution in [1.82, 2.24) is 62.6 Å². The number of aliphatic imine (C=N–C) groups is 1. The summed E-state index contributed by atoms with van der Waals surface area (Å²) in [6.07, 6.45) is 3.54. The number of carbonyl (C=O) groups excluding carboxylic acids is 12. The van der Waals surface area contributed by atoms with Crippen molar-refractivity contribution >= 4 is 87.7 Å². The second-order valence-electron chi connectivity index (χ2n) is 24.3. The van der Waals surface area contributed by atoms with Crippen molar-refractivity contribution in [1.29, 1.82) is 0 Å². The lowest BCUT2D eigenvalue weighted by molar-refractivity contribution is -0.146. The molecule has 4 heterocycles. The number of hydrogen-bond donors (Lipinski definition) is 15. The van der Waals surface area contributed by atoms with Crippen LogP contribution in [0.4, 0.5) is 4.39 Å². The Bertz CT molecular complexity index is 3260. The second kappa shape index (κ2) is 33.4. The Kier molecular flexibility index (Phi) is 25.5. The van der Waals surface area contributed by atoms with Gasteiger partial charge in [-0.2, -0.15) is 0 Å². The quantitative estimate of drug-likeness (QED) is 0.0227. The summed E-state index contributed by atoms with van der Waals surface area (Å²) in [4.78, 5) is 179. The summed E-state index contributed by atoms with van der Waals surface area (Å²) in [6.45, 7) is 2.02. The molecule has 31 heteroatoms. The highest BCUT2D eigenvalue weighted by Gasteiger charge is 2.50. The van der Waals surface area contributed by atoms with Crippen molar-refractivity contribution in [2.75, 3.05) is 32.8 Å². The fraction of sp³-hybridized carbons (Fsp3) is 0.565. The van der Waals surface area contributed by atoms with Gasteiger partial charge < -0.3 is 90.7 Å².